The van der Waals surface area contributed by atoms with Crippen LogP contribution in [0.1, 0.15) is 27.9 Å². The number of aromatic hydroxyl groups is 1. The molecule has 0 radical (unpaired) electrons. The minimum Gasteiger partial charge on any atom is -0.736 e. The van der Waals surface area contributed by atoms with Crippen molar-refractivity contribution >= 4 is 13.6 Å². The Morgan fingerprint density at radius 3 is 2.37 bits per heavy atom. The molecule has 3 aromatic carbocycles. The van der Waals surface area contributed by atoms with Crippen molar-refractivity contribution in [3.05, 3.63) is 83.4 Å². The predicted molar refractivity (Wildman–Crippen MR) is 114 cm³/mol. The molecule has 0 aliphatic rings. The van der Waals surface area contributed by atoms with Crippen molar-refractivity contribution in [3.8, 4) is 23.0 Å². The van der Waals surface area contributed by atoms with Crippen LogP contribution in [-0.4, -0.2) is 18.0 Å². The van der Waals surface area contributed by atoms with E-state index in [1.54, 1.807) is 12.1 Å². The van der Waals surface area contributed by atoms with Crippen LogP contribution in [0.15, 0.2) is 66.7 Å². The molecule has 12 heteroatoms. The normalized spacial score (nSPS) is 12.7. The van der Waals surface area contributed by atoms with Crippen LogP contribution in [0.4, 0.5) is 13.2 Å². The Morgan fingerprint density at radius 1 is 1.00 bits per heavy atom. The predicted octanol–water partition coefficient (Wildman–Crippen LogP) is 2.17. The second kappa shape index (κ2) is 12.0. The number of ketones is 1. The maximum atomic E-state index is 12.8. The van der Waals surface area contributed by atoms with E-state index in [-0.39, 0.29) is 59.0 Å². The molecule has 0 aliphatic carbocycles. The zero-order chi connectivity index (χ0) is 24.9. The summed E-state index contributed by atoms with van der Waals surface area (Å²) < 4.78 is 65.5. The van der Waals surface area contributed by atoms with Crippen LogP contribution in [0.2, 0.25) is 0 Å². The van der Waals surface area contributed by atoms with Crippen LogP contribution in [0.3, 0.4) is 0 Å². The van der Waals surface area contributed by atoms with Crippen molar-refractivity contribution in [1.82, 2.24) is 0 Å². The number of carbonyl (C=O) groups is 1. The Morgan fingerprint density at radius 2 is 1.71 bits per heavy atom. The molecule has 1 N–H and O–H groups in total. The molecule has 0 spiro atoms. The molecule has 1 atom stereocenters. The number of ether oxygens (including phenoxy) is 1. The first-order chi connectivity index (χ1) is 16.0. The molecule has 0 fully saturated rings. The summed E-state index contributed by atoms with van der Waals surface area (Å²) in [6.45, 7) is 0. The molecular formula is C23H19F3NaO7P. The first-order valence-electron chi connectivity index (χ1n) is 9.83. The zero-order valence-corrected chi connectivity index (χ0v) is 21.6. The number of Topliss-reactive ketones (excluding diaryl/α,β-unsaturated/α-hetero) is 1. The van der Waals surface area contributed by atoms with E-state index in [0.717, 1.165) is 18.2 Å². The van der Waals surface area contributed by atoms with Gasteiger partial charge < -0.3 is 23.8 Å². The minimum atomic E-state index is -5.11. The van der Waals surface area contributed by atoms with Gasteiger partial charge in [-0.3, -0.25) is 4.79 Å². The molecular weight excluding hydrogens is 499 g/mol. The van der Waals surface area contributed by atoms with E-state index in [9.17, 15) is 32.5 Å². The number of carbonyl (C=O) groups excluding carboxylic acids is 1. The van der Waals surface area contributed by atoms with Gasteiger partial charge >= 0.3 is 43.6 Å². The van der Waals surface area contributed by atoms with Crippen molar-refractivity contribution in [3.63, 3.8) is 0 Å². The van der Waals surface area contributed by atoms with Gasteiger partial charge in [-0.15, -0.1) is 0 Å². The molecule has 7 nitrogen and oxygen atoms in total. The monoisotopic (exact) mass is 518 g/mol. The average molecular weight is 518 g/mol. The van der Waals surface area contributed by atoms with Crippen molar-refractivity contribution in [2.45, 2.75) is 19.0 Å². The van der Waals surface area contributed by atoms with Gasteiger partial charge in [0.25, 0.3) is 0 Å². The first-order valence-corrected chi connectivity index (χ1v) is 11.3. The van der Waals surface area contributed by atoms with Gasteiger partial charge in [-0.2, -0.15) is 13.2 Å². The standard InChI is InChI=1S/C23H20F3O7P.Na/c1-31-22-12-15(8-10-20(28)16-4-2-6-18(27)13-16)9-11-21(22)33-34(29,30)32-19-7-3-5-17(14-19)23(24,25)26;/h2-7,9,11-14,27H,8,10H2,1H3,(H,29,30);/q;+1/p-1. The van der Waals surface area contributed by atoms with Gasteiger partial charge in [0.2, 0.25) is 0 Å². The van der Waals surface area contributed by atoms with Crippen molar-refractivity contribution < 1.29 is 75.9 Å². The Kier molecular flexibility index (Phi) is 9.83. The number of hydrogen-bond acceptors (Lipinski definition) is 7. The fourth-order valence-electron chi connectivity index (χ4n) is 3.02. The summed E-state index contributed by atoms with van der Waals surface area (Å²) in [5.74, 6) is -1.01. The molecule has 3 aromatic rings. The minimum absolute atomic E-state index is 0. The van der Waals surface area contributed by atoms with Gasteiger partial charge in [-0.25, -0.2) is 4.57 Å². The zero-order valence-electron chi connectivity index (χ0n) is 18.7. The van der Waals surface area contributed by atoms with Gasteiger partial charge in [0.05, 0.1) is 12.7 Å². The molecule has 180 valence electrons. The first kappa shape index (κ1) is 28.7. The van der Waals surface area contributed by atoms with E-state index in [1.165, 1.54) is 37.4 Å². The summed E-state index contributed by atoms with van der Waals surface area (Å²) in [5.41, 5.74) is -0.0876. The second-order valence-electron chi connectivity index (χ2n) is 7.11. The number of methoxy groups -OCH3 is 1. The maximum absolute atomic E-state index is 12.8. The third-order valence-electron chi connectivity index (χ3n) is 4.63. The van der Waals surface area contributed by atoms with Gasteiger partial charge in [-0.1, -0.05) is 24.3 Å². The van der Waals surface area contributed by atoms with E-state index in [2.05, 4.69) is 4.52 Å². The topological polar surface area (TPSA) is 105 Å². The van der Waals surface area contributed by atoms with Crippen LogP contribution in [-0.2, 0) is 17.2 Å². The Hall–Kier alpha value is -2.49. The van der Waals surface area contributed by atoms with E-state index >= 15 is 0 Å². The van der Waals surface area contributed by atoms with Gasteiger partial charge in [0.1, 0.15) is 11.5 Å². The number of halogens is 3. The number of alkyl halides is 3. The van der Waals surface area contributed by atoms with Gasteiger partial charge in [-0.05, 0) is 54.4 Å². The summed E-state index contributed by atoms with van der Waals surface area (Å²) in [7, 11) is -3.84. The molecule has 0 saturated heterocycles. The molecule has 0 amide bonds. The molecule has 0 aliphatic heterocycles. The number of benzene rings is 3. The fraction of sp³-hybridized carbons (Fsp3) is 0.174. The fourth-order valence-corrected chi connectivity index (χ4v) is 3.82. The van der Waals surface area contributed by atoms with Gasteiger partial charge in [0, 0.05) is 12.0 Å². The summed E-state index contributed by atoms with van der Waals surface area (Å²) >= 11 is 0. The van der Waals surface area contributed by atoms with Crippen molar-refractivity contribution in [2.75, 3.05) is 7.11 Å². The van der Waals surface area contributed by atoms with Crippen LogP contribution in [0, 0.1) is 0 Å². The number of phosphoric acid groups is 1. The largest absolute Gasteiger partial charge is 1.00 e. The molecule has 0 bridgehead atoms. The molecule has 0 heterocycles. The Balaban J connectivity index is 0.00000432. The number of phenols is 1. The molecule has 1 unspecified atom stereocenters. The van der Waals surface area contributed by atoms with E-state index in [4.69, 9.17) is 9.26 Å². The molecule has 0 aromatic heterocycles. The average Bonchev–Trinajstić information content (AvgIpc) is 2.77. The third-order valence-corrected chi connectivity index (χ3v) is 5.48. The van der Waals surface area contributed by atoms with E-state index in [1.807, 2.05) is 0 Å². The SMILES string of the molecule is COc1cc(CCC(=O)c2cccc(O)c2)ccc1OP(=O)([O-])Oc1cccc(C(F)(F)F)c1.[Na+]. The number of phenolic OH excluding ortho intramolecular Hbond substituents is 1. The van der Waals surface area contributed by atoms with Crippen LogP contribution in [0.5, 0.6) is 23.0 Å². The maximum Gasteiger partial charge on any atom is 1.00 e. The molecule has 3 rings (SSSR count). The number of rotatable bonds is 9. The quantitative estimate of drug-likeness (QED) is 0.263. The van der Waals surface area contributed by atoms with Crippen LogP contribution in [0.25, 0.3) is 0 Å². The van der Waals surface area contributed by atoms with Gasteiger partial charge in [0.15, 0.2) is 17.3 Å². The van der Waals surface area contributed by atoms with Crippen LogP contribution < -0.4 is 48.2 Å². The molecule has 35 heavy (non-hydrogen) atoms. The van der Waals surface area contributed by atoms with Crippen molar-refractivity contribution in [1.29, 1.82) is 0 Å². The second-order valence-corrected chi connectivity index (χ2v) is 8.37. The van der Waals surface area contributed by atoms with Crippen molar-refractivity contribution in [2.24, 2.45) is 0 Å². The number of aryl methyl sites for hydroxylation is 1. The summed E-state index contributed by atoms with van der Waals surface area (Å²) in [6.07, 6.45) is -4.26. The molecule has 0 saturated carbocycles. The number of hydrogen-bond donors (Lipinski definition) is 1. The summed E-state index contributed by atoms with van der Waals surface area (Å²) in [4.78, 5) is 24.6. The summed E-state index contributed by atoms with van der Waals surface area (Å²) in [6, 6.07) is 13.6. The Bertz CT molecular complexity index is 1230. The number of phosphoric ester groups is 1. The van der Waals surface area contributed by atoms with E-state index in [0.29, 0.717) is 23.6 Å². The Labute approximate surface area is 221 Å². The summed E-state index contributed by atoms with van der Waals surface area (Å²) in [5, 5.41) is 9.49. The smallest absolute Gasteiger partial charge is 0.736 e. The van der Waals surface area contributed by atoms with E-state index < -0.39 is 25.3 Å². The van der Waals surface area contributed by atoms with Crippen LogP contribution >= 0.6 is 7.82 Å². The third kappa shape index (κ3) is 8.30.